The molecule has 1 aliphatic heterocycles. The van der Waals surface area contributed by atoms with Gasteiger partial charge in [-0.3, -0.25) is 0 Å². The van der Waals surface area contributed by atoms with E-state index in [9.17, 15) is 4.39 Å². The Balaban J connectivity index is 1.76. The van der Waals surface area contributed by atoms with Crippen molar-refractivity contribution in [1.82, 2.24) is 5.32 Å². The molecule has 0 saturated carbocycles. The molecule has 0 spiro atoms. The molecule has 1 fully saturated rings. The highest BCUT2D eigenvalue weighted by atomic mass is 19.1. The molecule has 21 heavy (non-hydrogen) atoms. The minimum absolute atomic E-state index is 0.0525. The molecule has 2 unspecified atom stereocenters. The molecule has 0 radical (unpaired) electrons. The van der Waals surface area contributed by atoms with E-state index in [0.717, 1.165) is 24.9 Å². The van der Waals surface area contributed by atoms with Crippen LogP contribution in [0.1, 0.15) is 39.2 Å². The van der Waals surface area contributed by atoms with Gasteiger partial charge in [0.05, 0.1) is 12.2 Å². The van der Waals surface area contributed by atoms with Crippen molar-refractivity contribution in [3.05, 3.63) is 29.6 Å². The van der Waals surface area contributed by atoms with E-state index >= 15 is 0 Å². The van der Waals surface area contributed by atoms with E-state index in [1.165, 1.54) is 6.07 Å². The number of halogens is 1. The molecule has 1 aromatic carbocycles. The lowest BCUT2D eigenvalue weighted by Gasteiger charge is -2.23. The van der Waals surface area contributed by atoms with Crippen molar-refractivity contribution in [2.75, 3.05) is 13.2 Å². The third-order valence-corrected chi connectivity index (χ3v) is 3.57. The van der Waals surface area contributed by atoms with Gasteiger partial charge in [0.1, 0.15) is 6.61 Å². The molecule has 1 aromatic rings. The highest BCUT2D eigenvalue weighted by Gasteiger charge is 2.26. The summed E-state index contributed by atoms with van der Waals surface area (Å²) in [5.74, 6) is -0.000544. The summed E-state index contributed by atoms with van der Waals surface area (Å²) in [4.78, 5) is 0. The van der Waals surface area contributed by atoms with Crippen LogP contribution in [0.5, 0.6) is 5.75 Å². The monoisotopic (exact) mass is 295 g/mol. The molecular weight excluding hydrogens is 269 g/mol. The second-order valence-corrected chi connectivity index (χ2v) is 6.83. The summed E-state index contributed by atoms with van der Waals surface area (Å²) in [6.45, 7) is 9.60. The second-order valence-electron chi connectivity index (χ2n) is 6.83. The zero-order chi connectivity index (χ0) is 15.5. The Hall–Kier alpha value is -1.13. The Morgan fingerprint density at radius 3 is 2.71 bits per heavy atom. The first-order valence-electron chi connectivity index (χ1n) is 7.63. The van der Waals surface area contributed by atoms with Crippen LogP contribution in [0.4, 0.5) is 4.39 Å². The van der Waals surface area contributed by atoms with Crippen LogP contribution in [0.2, 0.25) is 0 Å². The average Bonchev–Trinajstić information content (AvgIpc) is 2.85. The summed E-state index contributed by atoms with van der Waals surface area (Å²) >= 11 is 0. The van der Waals surface area contributed by atoms with E-state index in [1.54, 1.807) is 12.1 Å². The molecule has 0 aromatic heterocycles. The Morgan fingerprint density at radius 1 is 1.29 bits per heavy atom. The molecule has 2 atom stereocenters. The molecule has 1 aliphatic rings. The highest BCUT2D eigenvalue weighted by Crippen LogP contribution is 2.23. The maximum absolute atomic E-state index is 13.6. The summed E-state index contributed by atoms with van der Waals surface area (Å²) < 4.78 is 25.1. The van der Waals surface area contributed by atoms with Gasteiger partial charge in [-0.1, -0.05) is 6.07 Å². The van der Waals surface area contributed by atoms with Crippen LogP contribution in [-0.2, 0) is 4.74 Å². The van der Waals surface area contributed by atoms with Crippen LogP contribution < -0.4 is 10.1 Å². The van der Waals surface area contributed by atoms with Crippen LogP contribution in [0.3, 0.4) is 0 Å². The van der Waals surface area contributed by atoms with Crippen molar-refractivity contribution in [3.8, 4) is 5.75 Å². The van der Waals surface area contributed by atoms with Crippen LogP contribution in [0.25, 0.3) is 0 Å². The summed E-state index contributed by atoms with van der Waals surface area (Å²) in [6, 6.07) is 4.90. The van der Waals surface area contributed by atoms with E-state index in [0.29, 0.717) is 12.4 Å². The van der Waals surface area contributed by atoms with Crippen LogP contribution in [0.15, 0.2) is 18.2 Å². The number of hydrogen-bond acceptors (Lipinski definition) is 3. The first-order chi connectivity index (χ1) is 9.83. The van der Waals surface area contributed by atoms with Gasteiger partial charge in [0.15, 0.2) is 11.6 Å². The maximum Gasteiger partial charge on any atom is 0.165 e. The number of ether oxygens (including phenoxy) is 2. The van der Waals surface area contributed by atoms with Gasteiger partial charge in [-0.25, -0.2) is 4.39 Å². The van der Waals surface area contributed by atoms with E-state index in [2.05, 4.69) is 26.1 Å². The predicted octanol–water partition coefficient (Wildman–Crippen LogP) is 3.45. The Morgan fingerprint density at radius 2 is 2.00 bits per heavy atom. The van der Waals surface area contributed by atoms with Crippen molar-refractivity contribution in [2.45, 2.75) is 58.3 Å². The lowest BCUT2D eigenvalue weighted by atomic mass is 10.1. The molecule has 0 amide bonds. The number of hydrogen-bond donors (Lipinski definition) is 1. The van der Waals surface area contributed by atoms with Gasteiger partial charge >= 0.3 is 0 Å². The molecule has 3 nitrogen and oxygen atoms in total. The summed E-state index contributed by atoms with van der Waals surface area (Å²) in [7, 11) is 0. The van der Waals surface area contributed by atoms with Gasteiger partial charge < -0.3 is 14.8 Å². The first kappa shape index (κ1) is 16.2. The SMILES string of the molecule is Cc1ccc(F)c(OCC2CCC(CNC(C)(C)C)O2)c1. The number of rotatable bonds is 5. The topological polar surface area (TPSA) is 30.5 Å². The lowest BCUT2D eigenvalue weighted by molar-refractivity contribution is 0.0154. The fourth-order valence-electron chi connectivity index (χ4n) is 2.38. The van der Waals surface area contributed by atoms with Crippen molar-refractivity contribution >= 4 is 0 Å². The van der Waals surface area contributed by atoms with Crippen molar-refractivity contribution in [2.24, 2.45) is 0 Å². The molecule has 2 rings (SSSR count). The minimum Gasteiger partial charge on any atom is -0.488 e. The molecule has 0 bridgehead atoms. The third kappa shape index (κ3) is 5.29. The zero-order valence-corrected chi connectivity index (χ0v) is 13.4. The fourth-order valence-corrected chi connectivity index (χ4v) is 2.38. The van der Waals surface area contributed by atoms with E-state index in [4.69, 9.17) is 9.47 Å². The van der Waals surface area contributed by atoms with Gasteiger partial charge in [0.25, 0.3) is 0 Å². The molecule has 1 heterocycles. The molecular formula is C17H26FNO2. The number of aryl methyl sites for hydroxylation is 1. The van der Waals surface area contributed by atoms with Crippen molar-refractivity contribution in [3.63, 3.8) is 0 Å². The standard InChI is InChI=1S/C17H26FNO2/c1-12-5-8-15(18)16(9-12)20-11-14-7-6-13(21-14)10-19-17(2,3)4/h5,8-9,13-14,19H,6-7,10-11H2,1-4H3. The van der Waals surface area contributed by atoms with Gasteiger partial charge in [-0.15, -0.1) is 0 Å². The minimum atomic E-state index is -0.315. The number of nitrogens with one attached hydrogen (secondary N) is 1. The predicted molar refractivity (Wildman–Crippen MR) is 82.3 cm³/mol. The summed E-state index contributed by atoms with van der Waals surface area (Å²) in [5.41, 5.74) is 1.09. The van der Waals surface area contributed by atoms with E-state index in [1.807, 2.05) is 6.92 Å². The second kappa shape index (κ2) is 6.75. The largest absolute Gasteiger partial charge is 0.488 e. The van der Waals surface area contributed by atoms with Crippen LogP contribution in [-0.4, -0.2) is 30.9 Å². The first-order valence-corrected chi connectivity index (χ1v) is 7.63. The maximum atomic E-state index is 13.6. The molecule has 0 aliphatic carbocycles. The van der Waals surface area contributed by atoms with Crippen molar-refractivity contribution in [1.29, 1.82) is 0 Å². The van der Waals surface area contributed by atoms with Crippen LogP contribution >= 0.6 is 0 Å². The normalized spacial score (nSPS) is 22.5. The highest BCUT2D eigenvalue weighted by molar-refractivity contribution is 5.29. The lowest BCUT2D eigenvalue weighted by Crippen LogP contribution is -2.41. The summed E-state index contributed by atoms with van der Waals surface area (Å²) in [6.07, 6.45) is 2.26. The smallest absolute Gasteiger partial charge is 0.165 e. The zero-order valence-electron chi connectivity index (χ0n) is 13.4. The summed E-state index contributed by atoms with van der Waals surface area (Å²) in [5, 5.41) is 3.45. The Bertz CT molecular complexity index is 470. The van der Waals surface area contributed by atoms with E-state index < -0.39 is 0 Å². The Kier molecular flexibility index (Phi) is 5.22. The van der Waals surface area contributed by atoms with Gasteiger partial charge in [-0.05, 0) is 58.2 Å². The molecule has 1 saturated heterocycles. The van der Waals surface area contributed by atoms with Crippen molar-refractivity contribution < 1.29 is 13.9 Å². The fraction of sp³-hybridized carbons (Fsp3) is 0.647. The average molecular weight is 295 g/mol. The van der Waals surface area contributed by atoms with Gasteiger partial charge in [-0.2, -0.15) is 0 Å². The molecule has 1 N–H and O–H groups in total. The number of benzene rings is 1. The Labute approximate surface area is 126 Å². The molecule has 118 valence electrons. The van der Waals surface area contributed by atoms with Gasteiger partial charge in [0.2, 0.25) is 0 Å². The van der Waals surface area contributed by atoms with Gasteiger partial charge in [0, 0.05) is 12.1 Å². The third-order valence-electron chi connectivity index (χ3n) is 3.57. The van der Waals surface area contributed by atoms with Crippen LogP contribution in [0, 0.1) is 12.7 Å². The molecule has 4 heteroatoms. The quantitative estimate of drug-likeness (QED) is 0.902. The van der Waals surface area contributed by atoms with E-state index in [-0.39, 0.29) is 23.6 Å².